The number of methoxy groups -OCH3 is 1. The third-order valence-electron chi connectivity index (χ3n) is 6.04. The van der Waals surface area contributed by atoms with Crippen LogP contribution < -0.4 is 5.32 Å². The SMILES string of the molecule is COC(=O)N1CCCC2(CCOC(=O)N2)C1Cc1cccc(-c2ccccc2)c1. The lowest BCUT2D eigenvalue weighted by molar-refractivity contribution is 0.00323. The van der Waals surface area contributed by atoms with Gasteiger partial charge in [-0.1, -0.05) is 54.6 Å². The van der Waals surface area contributed by atoms with E-state index in [2.05, 4.69) is 35.6 Å². The van der Waals surface area contributed by atoms with Crippen molar-refractivity contribution in [2.45, 2.75) is 37.3 Å². The minimum Gasteiger partial charge on any atom is -0.453 e. The molecule has 2 aromatic carbocycles. The van der Waals surface area contributed by atoms with Gasteiger partial charge in [-0.3, -0.25) is 0 Å². The van der Waals surface area contributed by atoms with Crippen molar-refractivity contribution in [3.63, 3.8) is 0 Å². The fraction of sp³-hybridized carbons (Fsp3) is 0.391. The molecule has 1 N–H and O–H groups in total. The number of carbonyl (C=O) groups is 2. The Morgan fingerprint density at radius 3 is 2.72 bits per heavy atom. The summed E-state index contributed by atoms with van der Waals surface area (Å²) in [5, 5.41) is 3.05. The highest BCUT2D eigenvalue weighted by Crippen LogP contribution is 2.36. The standard InChI is InChI=1S/C23H26N2O4/c1-28-22(27)25-13-6-11-23(12-14-29-21(26)24-23)20(25)16-17-7-5-10-19(15-17)18-8-3-2-4-9-18/h2-5,7-10,15,20H,6,11-14,16H2,1H3,(H,24,26). The highest BCUT2D eigenvalue weighted by molar-refractivity contribution is 5.71. The number of alkyl carbamates (subject to hydrolysis) is 1. The Bertz CT molecular complexity index is 881. The van der Waals surface area contributed by atoms with Crippen molar-refractivity contribution in [3.8, 4) is 11.1 Å². The molecular weight excluding hydrogens is 368 g/mol. The van der Waals surface area contributed by atoms with Gasteiger partial charge in [-0.25, -0.2) is 9.59 Å². The summed E-state index contributed by atoms with van der Waals surface area (Å²) in [6.45, 7) is 0.982. The molecule has 2 aliphatic heterocycles. The molecule has 1 spiro atoms. The summed E-state index contributed by atoms with van der Waals surface area (Å²) in [5.41, 5.74) is 2.91. The quantitative estimate of drug-likeness (QED) is 0.855. The number of ether oxygens (including phenoxy) is 2. The highest BCUT2D eigenvalue weighted by atomic mass is 16.6. The van der Waals surface area contributed by atoms with Crippen LogP contribution in [0.3, 0.4) is 0 Å². The van der Waals surface area contributed by atoms with E-state index in [1.807, 2.05) is 24.3 Å². The van der Waals surface area contributed by atoms with Gasteiger partial charge in [0.25, 0.3) is 0 Å². The van der Waals surface area contributed by atoms with Gasteiger partial charge in [-0.2, -0.15) is 0 Å². The van der Waals surface area contributed by atoms with Crippen LogP contribution in [-0.4, -0.2) is 48.9 Å². The lowest BCUT2D eigenvalue weighted by Gasteiger charge is -2.51. The molecule has 152 valence electrons. The molecule has 0 radical (unpaired) electrons. The molecule has 2 aromatic rings. The lowest BCUT2D eigenvalue weighted by Crippen LogP contribution is -2.68. The zero-order valence-corrected chi connectivity index (χ0v) is 16.6. The second-order valence-electron chi connectivity index (χ2n) is 7.72. The molecule has 6 nitrogen and oxygen atoms in total. The number of carbonyl (C=O) groups excluding carboxylic acids is 2. The number of amides is 2. The molecule has 6 heteroatoms. The first kappa shape index (κ1) is 19.3. The van der Waals surface area contributed by atoms with Gasteiger partial charge in [0, 0.05) is 13.0 Å². The maximum absolute atomic E-state index is 12.5. The Morgan fingerprint density at radius 1 is 1.17 bits per heavy atom. The molecule has 2 unspecified atom stereocenters. The monoisotopic (exact) mass is 394 g/mol. The van der Waals surface area contributed by atoms with Gasteiger partial charge in [0.05, 0.1) is 25.3 Å². The molecule has 29 heavy (non-hydrogen) atoms. The molecule has 0 aliphatic carbocycles. The molecule has 0 bridgehead atoms. The minimum absolute atomic E-state index is 0.192. The molecule has 0 aromatic heterocycles. The maximum atomic E-state index is 12.5. The van der Waals surface area contributed by atoms with E-state index in [1.165, 1.54) is 7.11 Å². The van der Waals surface area contributed by atoms with E-state index in [1.54, 1.807) is 4.90 Å². The van der Waals surface area contributed by atoms with Gasteiger partial charge in [0.2, 0.25) is 0 Å². The predicted octanol–water partition coefficient (Wildman–Crippen LogP) is 4.00. The van der Waals surface area contributed by atoms with Crippen LogP contribution in [0, 0.1) is 0 Å². The van der Waals surface area contributed by atoms with E-state index < -0.39 is 11.6 Å². The Balaban J connectivity index is 1.67. The van der Waals surface area contributed by atoms with E-state index in [4.69, 9.17) is 9.47 Å². The minimum atomic E-state index is -0.496. The van der Waals surface area contributed by atoms with Crippen molar-refractivity contribution in [1.29, 1.82) is 0 Å². The number of piperidine rings is 1. The third kappa shape index (κ3) is 3.92. The van der Waals surface area contributed by atoms with Gasteiger partial charge in [-0.15, -0.1) is 0 Å². The number of nitrogens with zero attached hydrogens (tertiary/aromatic N) is 1. The van der Waals surface area contributed by atoms with Crippen molar-refractivity contribution in [2.75, 3.05) is 20.3 Å². The summed E-state index contributed by atoms with van der Waals surface area (Å²) in [5.74, 6) is 0. The number of cyclic esters (lactones) is 1. The summed E-state index contributed by atoms with van der Waals surface area (Å²) in [6.07, 6.45) is 2.18. The average molecular weight is 394 g/mol. The van der Waals surface area contributed by atoms with E-state index in [9.17, 15) is 9.59 Å². The molecule has 2 saturated heterocycles. The van der Waals surface area contributed by atoms with Gasteiger partial charge < -0.3 is 19.7 Å². The largest absolute Gasteiger partial charge is 0.453 e. The molecular formula is C23H26N2O4. The van der Waals surface area contributed by atoms with E-state index in [0.717, 1.165) is 29.5 Å². The predicted molar refractivity (Wildman–Crippen MR) is 110 cm³/mol. The van der Waals surface area contributed by atoms with Crippen molar-refractivity contribution in [1.82, 2.24) is 10.2 Å². The van der Waals surface area contributed by atoms with Gasteiger partial charge in [-0.05, 0) is 36.0 Å². The number of rotatable bonds is 3. The number of hydrogen-bond acceptors (Lipinski definition) is 4. The summed E-state index contributed by atoms with van der Waals surface area (Å²) >= 11 is 0. The Labute approximate surface area is 170 Å². The highest BCUT2D eigenvalue weighted by Gasteiger charge is 2.49. The second-order valence-corrected chi connectivity index (χ2v) is 7.72. The Hall–Kier alpha value is -3.02. The maximum Gasteiger partial charge on any atom is 0.409 e. The third-order valence-corrected chi connectivity index (χ3v) is 6.04. The van der Waals surface area contributed by atoms with Crippen LogP contribution in [0.25, 0.3) is 11.1 Å². The molecule has 2 amide bonds. The van der Waals surface area contributed by atoms with Crippen LogP contribution >= 0.6 is 0 Å². The van der Waals surface area contributed by atoms with Crippen molar-refractivity contribution in [2.24, 2.45) is 0 Å². The van der Waals surface area contributed by atoms with Crippen LogP contribution in [-0.2, 0) is 15.9 Å². The average Bonchev–Trinajstić information content (AvgIpc) is 2.75. The van der Waals surface area contributed by atoms with Crippen LogP contribution in [0.2, 0.25) is 0 Å². The van der Waals surface area contributed by atoms with Crippen LogP contribution in [0.5, 0.6) is 0 Å². The van der Waals surface area contributed by atoms with Gasteiger partial charge in [0.15, 0.2) is 0 Å². The van der Waals surface area contributed by atoms with E-state index in [0.29, 0.717) is 26.0 Å². The summed E-state index contributed by atoms with van der Waals surface area (Å²) in [4.78, 5) is 26.3. The van der Waals surface area contributed by atoms with Crippen LogP contribution in [0.1, 0.15) is 24.8 Å². The fourth-order valence-electron chi connectivity index (χ4n) is 4.62. The van der Waals surface area contributed by atoms with Crippen molar-refractivity contribution >= 4 is 12.2 Å². The summed E-state index contributed by atoms with van der Waals surface area (Å²) in [7, 11) is 1.40. The van der Waals surface area contributed by atoms with E-state index in [-0.39, 0.29) is 12.1 Å². The summed E-state index contributed by atoms with van der Waals surface area (Å²) < 4.78 is 10.2. The number of nitrogens with one attached hydrogen (secondary N) is 1. The number of likely N-dealkylation sites (tertiary alicyclic amines) is 1. The normalized spacial score (nSPS) is 24.0. The zero-order valence-electron chi connectivity index (χ0n) is 16.6. The smallest absolute Gasteiger partial charge is 0.409 e. The summed E-state index contributed by atoms with van der Waals surface area (Å²) in [6, 6.07) is 18.4. The van der Waals surface area contributed by atoms with Crippen molar-refractivity contribution < 1.29 is 19.1 Å². The number of hydrogen-bond donors (Lipinski definition) is 1. The topological polar surface area (TPSA) is 67.9 Å². The number of benzene rings is 2. The molecule has 4 rings (SSSR count). The van der Waals surface area contributed by atoms with E-state index >= 15 is 0 Å². The zero-order chi connectivity index (χ0) is 20.3. The first-order chi connectivity index (χ1) is 14.1. The molecule has 2 aliphatic rings. The Kier molecular flexibility index (Phi) is 5.43. The first-order valence-corrected chi connectivity index (χ1v) is 10.1. The Morgan fingerprint density at radius 2 is 1.97 bits per heavy atom. The fourth-order valence-corrected chi connectivity index (χ4v) is 4.62. The van der Waals surface area contributed by atoms with Crippen LogP contribution in [0.4, 0.5) is 9.59 Å². The molecule has 0 saturated carbocycles. The molecule has 2 heterocycles. The first-order valence-electron chi connectivity index (χ1n) is 10.1. The van der Waals surface area contributed by atoms with Gasteiger partial charge in [0.1, 0.15) is 0 Å². The molecule has 2 fully saturated rings. The molecule has 2 atom stereocenters. The lowest BCUT2D eigenvalue weighted by atomic mass is 9.75. The van der Waals surface area contributed by atoms with Gasteiger partial charge >= 0.3 is 12.2 Å². The second kappa shape index (κ2) is 8.15. The van der Waals surface area contributed by atoms with Crippen LogP contribution in [0.15, 0.2) is 54.6 Å². The van der Waals surface area contributed by atoms with Crippen molar-refractivity contribution in [3.05, 3.63) is 60.2 Å².